The Morgan fingerprint density at radius 1 is 1.38 bits per heavy atom. The number of hydrogen-bond acceptors (Lipinski definition) is 2. The molecule has 0 amide bonds. The molecule has 0 spiro atoms. The van der Waals surface area contributed by atoms with E-state index in [1.165, 1.54) is 12.8 Å². The van der Waals surface area contributed by atoms with Crippen molar-refractivity contribution < 1.29 is 4.74 Å². The lowest BCUT2D eigenvalue weighted by Crippen LogP contribution is -2.18. The number of hydrogen-bond donors (Lipinski definition) is 1. The van der Waals surface area contributed by atoms with Gasteiger partial charge in [-0.25, -0.2) is 0 Å². The summed E-state index contributed by atoms with van der Waals surface area (Å²) in [6.07, 6.45) is 4.71. The van der Waals surface area contributed by atoms with Crippen LogP contribution >= 0.6 is 11.6 Å². The van der Waals surface area contributed by atoms with Gasteiger partial charge < -0.3 is 10.5 Å². The summed E-state index contributed by atoms with van der Waals surface area (Å²) in [4.78, 5) is 0. The van der Waals surface area contributed by atoms with Crippen LogP contribution in [0.1, 0.15) is 31.2 Å². The van der Waals surface area contributed by atoms with Crippen molar-refractivity contribution in [1.29, 1.82) is 0 Å². The molecule has 86 valence electrons. The highest BCUT2D eigenvalue weighted by Gasteiger charge is 2.40. The van der Waals surface area contributed by atoms with E-state index in [9.17, 15) is 0 Å². The number of halogens is 1. The highest BCUT2D eigenvalue weighted by molar-refractivity contribution is 6.32. The number of ether oxygens (including phenoxy) is 1. The summed E-state index contributed by atoms with van der Waals surface area (Å²) in [5, 5.41) is 0.689. The van der Waals surface area contributed by atoms with Crippen LogP contribution in [0.2, 0.25) is 5.02 Å². The average Bonchev–Trinajstić information content (AvgIpc) is 3.14. The van der Waals surface area contributed by atoms with E-state index in [-0.39, 0.29) is 5.54 Å². The standard InChI is InChI=1S/C13H16ClNO/c14-11-4-3-10(13(15)5-6-13)7-12(11)16-8-9-1-2-9/h3-4,7,9H,1-2,5-6,8,15H2. The summed E-state index contributed by atoms with van der Waals surface area (Å²) < 4.78 is 5.74. The van der Waals surface area contributed by atoms with E-state index in [4.69, 9.17) is 22.1 Å². The summed E-state index contributed by atoms with van der Waals surface area (Å²) in [5.74, 6) is 1.54. The minimum absolute atomic E-state index is 0.109. The molecule has 16 heavy (non-hydrogen) atoms. The normalized spacial score (nSPS) is 21.9. The largest absolute Gasteiger partial charge is 0.492 e. The molecule has 2 aliphatic carbocycles. The predicted molar refractivity (Wildman–Crippen MR) is 64.8 cm³/mol. The molecule has 0 unspecified atom stereocenters. The first-order valence-corrected chi connectivity index (χ1v) is 6.27. The smallest absolute Gasteiger partial charge is 0.138 e. The van der Waals surface area contributed by atoms with E-state index in [0.29, 0.717) is 5.02 Å². The van der Waals surface area contributed by atoms with Crippen LogP contribution in [0.15, 0.2) is 18.2 Å². The number of benzene rings is 1. The lowest BCUT2D eigenvalue weighted by atomic mass is 10.1. The van der Waals surface area contributed by atoms with E-state index >= 15 is 0 Å². The summed E-state index contributed by atoms with van der Waals surface area (Å²) >= 11 is 6.10. The van der Waals surface area contributed by atoms with Gasteiger partial charge in [0.1, 0.15) is 5.75 Å². The fourth-order valence-corrected chi connectivity index (χ4v) is 2.01. The van der Waals surface area contributed by atoms with Crippen LogP contribution in [-0.4, -0.2) is 6.61 Å². The van der Waals surface area contributed by atoms with Gasteiger partial charge in [-0.2, -0.15) is 0 Å². The van der Waals surface area contributed by atoms with Crippen molar-refractivity contribution in [2.45, 2.75) is 31.2 Å². The second-order valence-corrected chi connectivity index (χ2v) is 5.46. The van der Waals surface area contributed by atoms with Gasteiger partial charge in [0.15, 0.2) is 0 Å². The first-order valence-electron chi connectivity index (χ1n) is 5.89. The van der Waals surface area contributed by atoms with Gasteiger partial charge >= 0.3 is 0 Å². The zero-order valence-corrected chi connectivity index (χ0v) is 9.96. The topological polar surface area (TPSA) is 35.2 Å². The van der Waals surface area contributed by atoms with Gasteiger partial charge in [-0.05, 0) is 49.3 Å². The number of nitrogens with two attached hydrogens (primary N) is 1. The summed E-state index contributed by atoms with van der Waals surface area (Å²) in [6, 6.07) is 5.92. The molecular formula is C13H16ClNO. The second-order valence-electron chi connectivity index (χ2n) is 5.06. The van der Waals surface area contributed by atoms with Crippen molar-refractivity contribution in [3.05, 3.63) is 28.8 Å². The Balaban J connectivity index is 1.78. The van der Waals surface area contributed by atoms with Crippen LogP contribution in [0.3, 0.4) is 0 Å². The average molecular weight is 238 g/mol. The number of rotatable bonds is 4. The van der Waals surface area contributed by atoms with Crippen LogP contribution in [0, 0.1) is 5.92 Å². The van der Waals surface area contributed by atoms with Gasteiger partial charge in [-0.3, -0.25) is 0 Å². The van der Waals surface area contributed by atoms with Crippen LogP contribution in [-0.2, 0) is 5.54 Å². The Morgan fingerprint density at radius 3 is 2.75 bits per heavy atom. The van der Waals surface area contributed by atoms with E-state index in [1.807, 2.05) is 18.2 Å². The van der Waals surface area contributed by atoms with Crippen LogP contribution < -0.4 is 10.5 Å². The van der Waals surface area contributed by atoms with E-state index in [2.05, 4.69) is 0 Å². The van der Waals surface area contributed by atoms with Gasteiger partial charge in [0.25, 0.3) is 0 Å². The molecule has 0 saturated heterocycles. The van der Waals surface area contributed by atoms with Crippen molar-refractivity contribution >= 4 is 11.6 Å². The maximum absolute atomic E-state index is 6.16. The van der Waals surface area contributed by atoms with Crippen molar-refractivity contribution in [2.75, 3.05) is 6.61 Å². The summed E-state index contributed by atoms with van der Waals surface area (Å²) in [7, 11) is 0. The molecule has 0 heterocycles. The molecule has 2 fully saturated rings. The zero-order valence-electron chi connectivity index (χ0n) is 9.21. The third-order valence-electron chi connectivity index (χ3n) is 3.47. The molecule has 3 heteroatoms. The predicted octanol–water partition coefficient (Wildman–Crippen LogP) is 3.08. The molecule has 0 aliphatic heterocycles. The lowest BCUT2D eigenvalue weighted by molar-refractivity contribution is 0.299. The zero-order chi connectivity index (χ0) is 11.2. The molecule has 2 nitrogen and oxygen atoms in total. The molecule has 0 bridgehead atoms. The van der Waals surface area contributed by atoms with E-state index < -0.39 is 0 Å². The Hall–Kier alpha value is -0.730. The van der Waals surface area contributed by atoms with Crippen molar-refractivity contribution in [3.8, 4) is 5.75 Å². The minimum Gasteiger partial charge on any atom is -0.492 e. The Labute approximate surface area is 101 Å². The first-order chi connectivity index (χ1) is 7.67. The minimum atomic E-state index is -0.109. The molecule has 0 atom stereocenters. The molecule has 1 aromatic rings. The van der Waals surface area contributed by atoms with Gasteiger partial charge in [0, 0.05) is 5.54 Å². The molecular weight excluding hydrogens is 222 g/mol. The van der Waals surface area contributed by atoms with E-state index in [0.717, 1.165) is 36.7 Å². The quantitative estimate of drug-likeness (QED) is 0.874. The second kappa shape index (κ2) is 3.64. The summed E-state index contributed by atoms with van der Waals surface area (Å²) in [6.45, 7) is 0.792. The molecule has 0 radical (unpaired) electrons. The third kappa shape index (κ3) is 2.04. The Morgan fingerprint density at radius 2 is 2.12 bits per heavy atom. The van der Waals surface area contributed by atoms with Crippen molar-refractivity contribution in [3.63, 3.8) is 0 Å². The molecule has 2 N–H and O–H groups in total. The fraction of sp³-hybridized carbons (Fsp3) is 0.538. The molecule has 3 rings (SSSR count). The maximum atomic E-state index is 6.16. The van der Waals surface area contributed by atoms with Crippen molar-refractivity contribution in [1.82, 2.24) is 0 Å². The Bertz CT molecular complexity index is 410. The van der Waals surface area contributed by atoms with Crippen molar-refractivity contribution in [2.24, 2.45) is 11.7 Å². The van der Waals surface area contributed by atoms with Crippen LogP contribution in [0.5, 0.6) is 5.75 Å². The molecule has 1 aromatic carbocycles. The van der Waals surface area contributed by atoms with Gasteiger partial charge in [0.2, 0.25) is 0 Å². The summed E-state index contributed by atoms with van der Waals surface area (Å²) in [5.41, 5.74) is 7.20. The van der Waals surface area contributed by atoms with E-state index in [1.54, 1.807) is 0 Å². The molecule has 2 saturated carbocycles. The molecule has 2 aliphatic rings. The van der Waals surface area contributed by atoms with Crippen LogP contribution in [0.4, 0.5) is 0 Å². The van der Waals surface area contributed by atoms with Gasteiger partial charge in [-0.1, -0.05) is 17.7 Å². The Kier molecular flexibility index (Phi) is 2.37. The first kappa shape index (κ1) is 10.4. The third-order valence-corrected chi connectivity index (χ3v) is 3.78. The fourth-order valence-electron chi connectivity index (χ4n) is 1.84. The monoisotopic (exact) mass is 237 g/mol. The van der Waals surface area contributed by atoms with Gasteiger partial charge in [-0.15, -0.1) is 0 Å². The highest BCUT2D eigenvalue weighted by atomic mass is 35.5. The highest BCUT2D eigenvalue weighted by Crippen LogP contribution is 2.44. The lowest BCUT2D eigenvalue weighted by Gasteiger charge is -2.13. The maximum Gasteiger partial charge on any atom is 0.138 e. The van der Waals surface area contributed by atoms with Gasteiger partial charge in [0.05, 0.1) is 11.6 Å². The SMILES string of the molecule is NC1(c2ccc(Cl)c(OCC3CC3)c2)CC1. The van der Waals surface area contributed by atoms with Crippen LogP contribution in [0.25, 0.3) is 0 Å². The molecule has 0 aromatic heterocycles.